The molecule has 20 heavy (non-hydrogen) atoms. The summed E-state index contributed by atoms with van der Waals surface area (Å²) < 4.78 is 6.48. The smallest absolute Gasteiger partial charge is 0.277 e. The lowest BCUT2D eigenvalue weighted by molar-refractivity contribution is -0.123. The average molecular weight is 400 g/mol. The molecule has 2 rings (SSSR count). The van der Waals surface area contributed by atoms with Crippen LogP contribution >= 0.6 is 33.9 Å². The molecule has 0 saturated carbocycles. The van der Waals surface area contributed by atoms with Crippen molar-refractivity contribution in [3.8, 4) is 5.75 Å². The predicted molar refractivity (Wildman–Crippen MR) is 89.3 cm³/mol. The molecule has 1 aromatic carbocycles. The number of hydrogen-bond acceptors (Lipinski definition) is 4. The fourth-order valence-corrected chi connectivity index (χ4v) is 2.43. The third kappa shape index (κ3) is 4.61. The number of halogens is 1. The zero-order valence-corrected chi connectivity index (χ0v) is 13.8. The predicted octanol–water partition coefficient (Wildman–Crippen LogP) is 3.27. The monoisotopic (exact) mass is 400 g/mol. The summed E-state index contributed by atoms with van der Waals surface area (Å²) in [5.41, 5.74) is 3.26. The zero-order chi connectivity index (χ0) is 14.4. The minimum absolute atomic E-state index is 0.0538. The Balaban J connectivity index is 1.81. The van der Waals surface area contributed by atoms with E-state index in [4.69, 9.17) is 4.74 Å². The summed E-state index contributed by atoms with van der Waals surface area (Å²) in [7, 11) is 0. The highest BCUT2D eigenvalue weighted by molar-refractivity contribution is 14.1. The van der Waals surface area contributed by atoms with Crippen molar-refractivity contribution in [3.05, 3.63) is 50.2 Å². The SMILES string of the molecule is C/C(=N/NC(=O)COc1ccc(I)cc1)c1cccs1. The van der Waals surface area contributed by atoms with Crippen LogP contribution < -0.4 is 10.2 Å². The molecule has 0 radical (unpaired) electrons. The molecule has 0 bridgehead atoms. The Kier molecular flexibility index (Phi) is 5.54. The van der Waals surface area contributed by atoms with Gasteiger partial charge in [-0.2, -0.15) is 5.10 Å². The van der Waals surface area contributed by atoms with Crippen LogP contribution in [0.5, 0.6) is 5.75 Å². The molecule has 6 heteroatoms. The molecule has 0 atom stereocenters. The molecule has 1 aromatic heterocycles. The van der Waals surface area contributed by atoms with Gasteiger partial charge in [-0.15, -0.1) is 11.3 Å². The van der Waals surface area contributed by atoms with E-state index >= 15 is 0 Å². The highest BCUT2D eigenvalue weighted by atomic mass is 127. The van der Waals surface area contributed by atoms with Gasteiger partial charge in [0.15, 0.2) is 6.61 Å². The number of thiophene rings is 1. The molecule has 104 valence electrons. The summed E-state index contributed by atoms with van der Waals surface area (Å²) in [5, 5.41) is 6.01. The highest BCUT2D eigenvalue weighted by Gasteiger charge is 2.03. The number of nitrogens with zero attached hydrogens (tertiary/aromatic N) is 1. The Hall–Kier alpha value is -1.41. The highest BCUT2D eigenvalue weighted by Crippen LogP contribution is 2.13. The molecule has 1 N–H and O–H groups in total. The molecule has 0 aliphatic rings. The van der Waals surface area contributed by atoms with E-state index in [1.165, 1.54) is 0 Å². The van der Waals surface area contributed by atoms with Gasteiger partial charge in [-0.3, -0.25) is 4.79 Å². The summed E-state index contributed by atoms with van der Waals surface area (Å²) in [6.07, 6.45) is 0. The van der Waals surface area contributed by atoms with Crippen LogP contribution in [0.2, 0.25) is 0 Å². The van der Waals surface area contributed by atoms with E-state index in [0.717, 1.165) is 14.2 Å². The van der Waals surface area contributed by atoms with E-state index in [1.807, 2.05) is 48.7 Å². The molecule has 0 unspecified atom stereocenters. The summed E-state index contributed by atoms with van der Waals surface area (Å²) in [4.78, 5) is 12.6. The standard InChI is InChI=1S/C14H13IN2O2S/c1-10(13-3-2-8-20-13)16-17-14(18)9-19-12-6-4-11(15)5-7-12/h2-8H,9H2,1H3,(H,17,18)/b16-10-. The van der Waals surface area contributed by atoms with Gasteiger partial charge in [0.25, 0.3) is 5.91 Å². The summed E-state index contributed by atoms with van der Waals surface area (Å²) in [6.45, 7) is 1.80. The maximum absolute atomic E-state index is 11.6. The minimum Gasteiger partial charge on any atom is -0.484 e. The Morgan fingerprint density at radius 1 is 1.35 bits per heavy atom. The van der Waals surface area contributed by atoms with Crippen LogP contribution in [0.1, 0.15) is 11.8 Å². The number of rotatable bonds is 5. The van der Waals surface area contributed by atoms with Crippen LogP contribution in [0, 0.1) is 3.57 Å². The second kappa shape index (κ2) is 7.39. The van der Waals surface area contributed by atoms with Crippen molar-refractivity contribution in [2.75, 3.05) is 6.61 Å². The lowest BCUT2D eigenvalue weighted by atomic mass is 10.3. The van der Waals surface area contributed by atoms with E-state index < -0.39 is 0 Å². The number of amides is 1. The van der Waals surface area contributed by atoms with Crippen LogP contribution in [0.3, 0.4) is 0 Å². The largest absolute Gasteiger partial charge is 0.484 e. The first-order chi connectivity index (χ1) is 9.65. The molecule has 0 aliphatic heterocycles. The van der Waals surface area contributed by atoms with Gasteiger partial charge in [-0.1, -0.05) is 6.07 Å². The normalized spacial score (nSPS) is 11.2. The van der Waals surface area contributed by atoms with Crippen LogP contribution in [0.25, 0.3) is 0 Å². The van der Waals surface area contributed by atoms with Crippen molar-refractivity contribution in [1.82, 2.24) is 5.43 Å². The molecule has 1 heterocycles. The number of nitrogens with one attached hydrogen (secondary N) is 1. The van der Waals surface area contributed by atoms with Gasteiger partial charge < -0.3 is 4.74 Å². The second-order valence-corrected chi connectivity index (χ2v) is 6.15. The van der Waals surface area contributed by atoms with E-state index in [9.17, 15) is 4.79 Å². The zero-order valence-electron chi connectivity index (χ0n) is 10.8. The van der Waals surface area contributed by atoms with Crippen molar-refractivity contribution < 1.29 is 9.53 Å². The molecule has 4 nitrogen and oxygen atoms in total. The summed E-state index contributed by atoms with van der Waals surface area (Å²) in [6, 6.07) is 11.4. The first-order valence-corrected chi connectivity index (χ1v) is 7.86. The van der Waals surface area contributed by atoms with Gasteiger partial charge in [-0.25, -0.2) is 5.43 Å². The Morgan fingerprint density at radius 3 is 2.75 bits per heavy atom. The van der Waals surface area contributed by atoms with Crippen molar-refractivity contribution in [3.63, 3.8) is 0 Å². The first-order valence-electron chi connectivity index (χ1n) is 5.90. The molecule has 0 saturated heterocycles. The minimum atomic E-state index is -0.278. The fourth-order valence-electron chi connectivity index (χ4n) is 1.40. The van der Waals surface area contributed by atoms with Gasteiger partial charge >= 0.3 is 0 Å². The lowest BCUT2D eigenvalue weighted by Gasteiger charge is -2.05. The van der Waals surface area contributed by atoms with Crippen LogP contribution in [0.15, 0.2) is 46.9 Å². The van der Waals surface area contributed by atoms with E-state index in [0.29, 0.717) is 5.75 Å². The lowest BCUT2D eigenvalue weighted by Crippen LogP contribution is -2.25. The molecule has 0 spiro atoms. The molecule has 0 fully saturated rings. The second-order valence-electron chi connectivity index (χ2n) is 3.95. The van der Waals surface area contributed by atoms with E-state index in [1.54, 1.807) is 11.3 Å². The van der Waals surface area contributed by atoms with Gasteiger partial charge in [0.05, 0.1) is 5.71 Å². The maximum Gasteiger partial charge on any atom is 0.277 e. The Morgan fingerprint density at radius 2 is 2.10 bits per heavy atom. The number of carbonyl (C=O) groups excluding carboxylic acids is 1. The number of hydrazone groups is 1. The number of hydrogen-bond donors (Lipinski definition) is 1. The van der Waals surface area contributed by atoms with Crippen molar-refractivity contribution in [1.29, 1.82) is 0 Å². The van der Waals surface area contributed by atoms with Crippen molar-refractivity contribution in [2.45, 2.75) is 6.92 Å². The maximum atomic E-state index is 11.6. The van der Waals surface area contributed by atoms with Gasteiger partial charge in [0, 0.05) is 8.45 Å². The van der Waals surface area contributed by atoms with Gasteiger partial charge in [-0.05, 0) is 65.2 Å². The van der Waals surface area contributed by atoms with Crippen molar-refractivity contribution in [2.24, 2.45) is 5.10 Å². The first kappa shape index (κ1) is 15.0. The van der Waals surface area contributed by atoms with E-state index in [2.05, 4.69) is 33.1 Å². The fraction of sp³-hybridized carbons (Fsp3) is 0.143. The Labute approximate surface area is 135 Å². The molecule has 2 aromatic rings. The van der Waals surface area contributed by atoms with Crippen LogP contribution in [0.4, 0.5) is 0 Å². The quantitative estimate of drug-likeness (QED) is 0.476. The third-order valence-electron chi connectivity index (χ3n) is 2.41. The summed E-state index contributed by atoms with van der Waals surface area (Å²) >= 11 is 3.79. The van der Waals surface area contributed by atoms with Gasteiger partial charge in [0.1, 0.15) is 5.75 Å². The van der Waals surface area contributed by atoms with Crippen LogP contribution in [-0.2, 0) is 4.79 Å². The molecular formula is C14H13IN2O2S. The van der Waals surface area contributed by atoms with Crippen molar-refractivity contribution >= 4 is 45.5 Å². The molecular weight excluding hydrogens is 387 g/mol. The molecule has 0 aliphatic carbocycles. The number of carbonyl (C=O) groups is 1. The summed E-state index contributed by atoms with van der Waals surface area (Å²) in [5.74, 6) is 0.388. The molecule has 1 amide bonds. The number of benzene rings is 1. The topological polar surface area (TPSA) is 50.7 Å². The van der Waals surface area contributed by atoms with E-state index in [-0.39, 0.29) is 12.5 Å². The Bertz CT molecular complexity index is 594. The van der Waals surface area contributed by atoms with Crippen LogP contribution in [-0.4, -0.2) is 18.2 Å². The third-order valence-corrected chi connectivity index (χ3v) is 4.11. The average Bonchev–Trinajstić information content (AvgIpc) is 2.98. The number of ether oxygens (including phenoxy) is 1. The van der Waals surface area contributed by atoms with Gasteiger partial charge in [0.2, 0.25) is 0 Å².